The van der Waals surface area contributed by atoms with Gasteiger partial charge in [-0.05, 0) is 49.3 Å². The number of piperidine rings is 1. The molecule has 1 heterocycles. The molecule has 1 fully saturated rings. The van der Waals surface area contributed by atoms with Gasteiger partial charge in [-0.3, -0.25) is 4.79 Å². The van der Waals surface area contributed by atoms with Gasteiger partial charge in [0.25, 0.3) is 5.91 Å². The van der Waals surface area contributed by atoms with Crippen molar-refractivity contribution in [1.82, 2.24) is 4.90 Å². The molecular formula is C18H23FN2O2. The molecule has 0 radical (unpaired) electrons. The number of aliphatic hydroxyl groups excluding tert-OH is 1. The van der Waals surface area contributed by atoms with E-state index in [-0.39, 0.29) is 29.1 Å². The van der Waals surface area contributed by atoms with Crippen molar-refractivity contribution in [2.45, 2.75) is 39.2 Å². The number of carbonyl (C=O) groups is 1. The molecule has 23 heavy (non-hydrogen) atoms. The molecule has 1 N–H and O–H groups in total. The van der Waals surface area contributed by atoms with Gasteiger partial charge in [-0.2, -0.15) is 5.26 Å². The maximum absolute atomic E-state index is 13.5. The van der Waals surface area contributed by atoms with Crippen LogP contribution in [0.4, 0.5) is 4.39 Å². The Hall–Kier alpha value is -1.93. The van der Waals surface area contributed by atoms with Gasteiger partial charge < -0.3 is 10.0 Å². The van der Waals surface area contributed by atoms with Crippen molar-refractivity contribution < 1.29 is 14.3 Å². The fourth-order valence-electron chi connectivity index (χ4n) is 3.12. The topological polar surface area (TPSA) is 64.3 Å². The number of halogens is 1. The number of likely N-dealkylation sites (tertiary alicyclic amines) is 1. The molecule has 1 saturated heterocycles. The first-order valence-corrected chi connectivity index (χ1v) is 8.08. The van der Waals surface area contributed by atoms with Crippen molar-refractivity contribution in [3.05, 3.63) is 35.1 Å². The van der Waals surface area contributed by atoms with Crippen LogP contribution in [0.3, 0.4) is 0 Å². The van der Waals surface area contributed by atoms with Gasteiger partial charge in [0, 0.05) is 18.7 Å². The van der Waals surface area contributed by atoms with Crippen LogP contribution in [0.1, 0.15) is 49.0 Å². The van der Waals surface area contributed by atoms with E-state index in [1.165, 1.54) is 12.1 Å². The highest BCUT2D eigenvalue weighted by molar-refractivity contribution is 5.94. The predicted octanol–water partition coefficient (Wildman–Crippen LogP) is 2.96. The molecular weight excluding hydrogens is 295 g/mol. The lowest BCUT2D eigenvalue weighted by molar-refractivity contribution is 0.0385. The Bertz CT molecular complexity index is 602. The molecule has 0 spiro atoms. The van der Waals surface area contributed by atoms with Crippen molar-refractivity contribution >= 4 is 5.91 Å². The number of aliphatic hydroxyl groups is 1. The lowest BCUT2D eigenvalue weighted by Gasteiger charge is -2.34. The number of carbonyl (C=O) groups excluding carboxylic acids is 1. The van der Waals surface area contributed by atoms with Crippen LogP contribution in [0, 0.1) is 29.0 Å². The average molecular weight is 318 g/mol. The number of hydrogen-bond acceptors (Lipinski definition) is 3. The number of benzene rings is 1. The number of amides is 1. The Morgan fingerprint density at radius 1 is 1.39 bits per heavy atom. The molecule has 1 aromatic rings. The Morgan fingerprint density at radius 2 is 2.04 bits per heavy atom. The van der Waals surface area contributed by atoms with Gasteiger partial charge in [-0.15, -0.1) is 0 Å². The van der Waals surface area contributed by atoms with Gasteiger partial charge in [0.15, 0.2) is 0 Å². The van der Waals surface area contributed by atoms with Gasteiger partial charge in [-0.1, -0.05) is 13.8 Å². The van der Waals surface area contributed by atoms with E-state index in [0.29, 0.717) is 19.0 Å². The fraction of sp³-hybridized carbons (Fsp3) is 0.556. The highest BCUT2D eigenvalue weighted by Gasteiger charge is 2.28. The third kappa shape index (κ3) is 4.52. The predicted molar refractivity (Wildman–Crippen MR) is 85.2 cm³/mol. The molecule has 1 aliphatic rings. The summed E-state index contributed by atoms with van der Waals surface area (Å²) in [5.74, 6) is -0.169. The zero-order chi connectivity index (χ0) is 17.0. The summed E-state index contributed by atoms with van der Waals surface area (Å²) in [6, 6.07) is 5.57. The van der Waals surface area contributed by atoms with E-state index in [0.717, 1.165) is 25.3 Å². The van der Waals surface area contributed by atoms with Crippen molar-refractivity contribution in [3.8, 4) is 6.07 Å². The second-order valence-electron chi connectivity index (χ2n) is 6.67. The zero-order valence-corrected chi connectivity index (χ0v) is 13.6. The summed E-state index contributed by atoms with van der Waals surface area (Å²) in [6.45, 7) is 5.27. The van der Waals surface area contributed by atoms with Crippen molar-refractivity contribution in [2.75, 3.05) is 13.1 Å². The Balaban J connectivity index is 1.99. The summed E-state index contributed by atoms with van der Waals surface area (Å²) in [4.78, 5) is 14.1. The molecule has 0 bridgehead atoms. The fourth-order valence-corrected chi connectivity index (χ4v) is 3.12. The largest absolute Gasteiger partial charge is 0.393 e. The monoisotopic (exact) mass is 318 g/mol. The van der Waals surface area contributed by atoms with Crippen LogP contribution >= 0.6 is 0 Å². The van der Waals surface area contributed by atoms with Crippen molar-refractivity contribution in [3.63, 3.8) is 0 Å². The summed E-state index contributed by atoms with van der Waals surface area (Å²) in [5.41, 5.74) is 0.360. The highest BCUT2D eigenvalue weighted by atomic mass is 19.1. The van der Waals surface area contributed by atoms with Crippen molar-refractivity contribution in [1.29, 1.82) is 5.26 Å². The van der Waals surface area contributed by atoms with Gasteiger partial charge in [0.2, 0.25) is 0 Å². The molecule has 0 aromatic heterocycles. The lowest BCUT2D eigenvalue weighted by atomic mass is 9.87. The van der Waals surface area contributed by atoms with Crippen LogP contribution in [0.2, 0.25) is 0 Å². The molecule has 0 unspecified atom stereocenters. The van der Waals surface area contributed by atoms with E-state index >= 15 is 0 Å². The minimum Gasteiger partial charge on any atom is -0.393 e. The summed E-state index contributed by atoms with van der Waals surface area (Å²) in [5, 5.41) is 19.1. The molecule has 1 amide bonds. The summed E-state index contributed by atoms with van der Waals surface area (Å²) < 4.78 is 13.5. The maximum atomic E-state index is 13.5. The average Bonchev–Trinajstić information content (AvgIpc) is 2.53. The molecule has 0 aliphatic carbocycles. The van der Waals surface area contributed by atoms with E-state index in [4.69, 9.17) is 5.26 Å². The highest BCUT2D eigenvalue weighted by Crippen LogP contribution is 2.25. The molecule has 5 heteroatoms. The number of hydrogen-bond donors (Lipinski definition) is 1. The van der Waals surface area contributed by atoms with E-state index in [2.05, 4.69) is 13.8 Å². The molecule has 1 atom stereocenters. The molecule has 124 valence electrons. The molecule has 4 nitrogen and oxygen atoms in total. The Morgan fingerprint density at radius 3 is 2.61 bits per heavy atom. The van der Waals surface area contributed by atoms with Gasteiger partial charge in [-0.25, -0.2) is 4.39 Å². The van der Waals surface area contributed by atoms with Gasteiger partial charge in [0.1, 0.15) is 5.82 Å². The standard InChI is InChI=1S/C18H23FN2O2/c1-12(2)7-17(22)14-3-5-21(6-4-14)18(23)15-8-13(11-20)9-16(19)10-15/h8-10,12,14,17,22H,3-7H2,1-2H3/t17-/m1/s1. The molecule has 1 aromatic carbocycles. The maximum Gasteiger partial charge on any atom is 0.254 e. The van der Waals surface area contributed by atoms with Gasteiger partial charge in [0.05, 0.1) is 17.7 Å². The number of nitrogens with zero attached hydrogens (tertiary/aromatic N) is 2. The van der Waals surface area contributed by atoms with E-state index < -0.39 is 5.82 Å². The second kappa shape index (κ2) is 7.56. The normalized spacial score (nSPS) is 17.1. The van der Waals surface area contributed by atoms with Crippen LogP contribution in [0.5, 0.6) is 0 Å². The number of rotatable bonds is 4. The third-order valence-electron chi connectivity index (χ3n) is 4.36. The molecule has 0 saturated carbocycles. The number of nitriles is 1. The van der Waals surface area contributed by atoms with E-state index in [1.54, 1.807) is 4.90 Å². The Kier molecular flexibility index (Phi) is 5.73. The quantitative estimate of drug-likeness (QED) is 0.928. The summed E-state index contributed by atoms with van der Waals surface area (Å²) >= 11 is 0. The van der Waals surface area contributed by atoms with E-state index in [1.807, 2.05) is 6.07 Å². The van der Waals surface area contributed by atoms with Crippen LogP contribution in [-0.2, 0) is 0 Å². The van der Waals surface area contributed by atoms with Crippen LogP contribution < -0.4 is 0 Å². The molecule has 2 rings (SSSR count). The minimum atomic E-state index is -0.574. The lowest BCUT2D eigenvalue weighted by Crippen LogP contribution is -2.41. The zero-order valence-electron chi connectivity index (χ0n) is 13.6. The van der Waals surface area contributed by atoms with Crippen LogP contribution in [-0.4, -0.2) is 35.1 Å². The van der Waals surface area contributed by atoms with Gasteiger partial charge >= 0.3 is 0 Å². The first kappa shape index (κ1) is 17.4. The second-order valence-corrected chi connectivity index (χ2v) is 6.67. The van der Waals surface area contributed by atoms with E-state index in [9.17, 15) is 14.3 Å². The van der Waals surface area contributed by atoms with Crippen LogP contribution in [0.15, 0.2) is 18.2 Å². The first-order valence-electron chi connectivity index (χ1n) is 8.08. The summed E-state index contributed by atoms with van der Waals surface area (Å²) in [6.07, 6.45) is 1.94. The third-order valence-corrected chi connectivity index (χ3v) is 4.36. The van der Waals surface area contributed by atoms with Crippen LogP contribution in [0.25, 0.3) is 0 Å². The van der Waals surface area contributed by atoms with Crippen molar-refractivity contribution in [2.24, 2.45) is 11.8 Å². The molecule has 1 aliphatic heterocycles. The first-order chi connectivity index (χ1) is 10.9. The summed E-state index contributed by atoms with van der Waals surface area (Å²) in [7, 11) is 0. The minimum absolute atomic E-state index is 0.149. The SMILES string of the molecule is CC(C)C[C@@H](O)C1CCN(C(=O)c2cc(F)cc(C#N)c2)CC1. The Labute approximate surface area is 136 Å². The smallest absolute Gasteiger partial charge is 0.254 e.